The Morgan fingerprint density at radius 1 is 1.08 bits per heavy atom. The summed E-state index contributed by atoms with van der Waals surface area (Å²) >= 11 is 0. The first-order chi connectivity index (χ1) is 18.8. The van der Waals surface area contributed by atoms with Gasteiger partial charge in [0.2, 0.25) is 0 Å². The molecule has 4 aromatic rings. The number of fused-ring (bicyclic) bond motifs is 1. The van der Waals surface area contributed by atoms with Crippen LogP contribution in [0.1, 0.15) is 32.5 Å². The van der Waals surface area contributed by atoms with Gasteiger partial charge in [-0.1, -0.05) is 12.2 Å². The van der Waals surface area contributed by atoms with E-state index in [0.717, 1.165) is 6.07 Å². The summed E-state index contributed by atoms with van der Waals surface area (Å²) < 4.78 is 7.23. The van der Waals surface area contributed by atoms with Crippen LogP contribution in [0.3, 0.4) is 0 Å². The number of benzene rings is 1. The number of phenols is 2. The zero-order valence-corrected chi connectivity index (χ0v) is 20.1. The Morgan fingerprint density at radius 3 is 2.62 bits per heavy atom. The molecule has 0 bridgehead atoms. The highest BCUT2D eigenvalue weighted by atomic mass is 16.6. The summed E-state index contributed by atoms with van der Waals surface area (Å²) in [5.74, 6) is -2.38. The van der Waals surface area contributed by atoms with Gasteiger partial charge in [0.1, 0.15) is 30.2 Å². The van der Waals surface area contributed by atoms with Gasteiger partial charge in [0.15, 0.2) is 35.0 Å². The van der Waals surface area contributed by atoms with Crippen LogP contribution < -0.4 is 11.1 Å². The standard InChI is InChI=1S/C25H23N7O7/c26-22-17-23(30-10-29-22)32(11-31-17)25-21(37)20(36)16(39-25)2-1-5-28-24(38)14-8-13(9-15(33)19(14)35)18(34)12-3-6-27-7-4-12/h1-4,6-11,16,20-21,25,33,35-37H,5H2,(H,28,38)(H2,26,29,30)/b2-1+/t16-,20-,21-,25-/m1/s1. The first kappa shape index (κ1) is 25.7. The van der Waals surface area contributed by atoms with Crippen molar-refractivity contribution in [3.05, 3.63) is 78.2 Å². The Bertz CT molecular complexity index is 1570. The fourth-order valence-corrected chi connectivity index (χ4v) is 4.17. The van der Waals surface area contributed by atoms with Gasteiger partial charge in [-0.2, -0.15) is 0 Å². The second kappa shape index (κ2) is 10.4. The number of carbonyl (C=O) groups is 2. The predicted molar refractivity (Wildman–Crippen MR) is 135 cm³/mol. The van der Waals surface area contributed by atoms with Crippen LogP contribution in [0.2, 0.25) is 0 Å². The number of carbonyl (C=O) groups excluding carboxylic acids is 2. The average molecular weight is 534 g/mol. The second-order valence-corrected chi connectivity index (χ2v) is 8.65. The molecule has 0 saturated carbocycles. The smallest absolute Gasteiger partial charge is 0.255 e. The van der Waals surface area contributed by atoms with Crippen LogP contribution in [0, 0.1) is 0 Å². The summed E-state index contributed by atoms with van der Waals surface area (Å²) in [7, 11) is 0. The number of imidazole rings is 1. The molecule has 1 aliphatic heterocycles. The summed E-state index contributed by atoms with van der Waals surface area (Å²) in [6.07, 6.45) is 3.87. The molecule has 14 nitrogen and oxygen atoms in total. The lowest BCUT2D eigenvalue weighted by atomic mass is 10.0. The van der Waals surface area contributed by atoms with E-state index in [0.29, 0.717) is 16.7 Å². The molecule has 1 saturated heterocycles. The van der Waals surface area contributed by atoms with Crippen molar-refractivity contribution >= 4 is 28.7 Å². The van der Waals surface area contributed by atoms with Crippen LogP contribution in [0.15, 0.2) is 61.5 Å². The molecule has 3 aromatic heterocycles. The number of hydrogen-bond acceptors (Lipinski definition) is 12. The van der Waals surface area contributed by atoms with Crippen LogP contribution in [0.4, 0.5) is 5.82 Å². The Hall–Kier alpha value is -4.92. The number of phenolic OH excluding ortho intramolecular Hbond substituents is 2. The van der Waals surface area contributed by atoms with Gasteiger partial charge in [-0.15, -0.1) is 0 Å². The zero-order valence-electron chi connectivity index (χ0n) is 20.1. The molecule has 5 rings (SSSR count). The van der Waals surface area contributed by atoms with Crippen LogP contribution >= 0.6 is 0 Å². The minimum absolute atomic E-state index is 0.00116. The molecule has 0 spiro atoms. The number of amides is 1. The zero-order chi connectivity index (χ0) is 27.7. The summed E-state index contributed by atoms with van der Waals surface area (Å²) in [6, 6.07) is 5.21. The first-order valence-corrected chi connectivity index (χ1v) is 11.7. The Labute approximate surface area is 220 Å². The Balaban J connectivity index is 1.25. The van der Waals surface area contributed by atoms with E-state index < -0.39 is 47.7 Å². The second-order valence-electron chi connectivity index (χ2n) is 8.65. The number of nitrogens with one attached hydrogen (secondary N) is 1. The number of nitrogen functional groups attached to an aromatic ring is 1. The summed E-state index contributed by atoms with van der Waals surface area (Å²) in [5.41, 5.74) is 6.43. The van der Waals surface area contributed by atoms with Gasteiger partial charge in [-0.25, -0.2) is 15.0 Å². The van der Waals surface area contributed by atoms with E-state index in [9.17, 15) is 30.0 Å². The first-order valence-electron chi connectivity index (χ1n) is 11.7. The van der Waals surface area contributed by atoms with Gasteiger partial charge in [-0.05, 0) is 24.3 Å². The summed E-state index contributed by atoms with van der Waals surface area (Å²) in [5, 5.41) is 43.8. The quantitative estimate of drug-likeness (QED) is 0.105. The van der Waals surface area contributed by atoms with Crippen molar-refractivity contribution in [2.24, 2.45) is 0 Å². The molecule has 0 aliphatic carbocycles. The fourth-order valence-electron chi connectivity index (χ4n) is 4.17. The number of hydrogen-bond donors (Lipinski definition) is 6. The van der Waals surface area contributed by atoms with Crippen LogP contribution in [0.25, 0.3) is 11.2 Å². The van der Waals surface area contributed by atoms with Crippen LogP contribution in [-0.4, -0.2) is 81.5 Å². The number of nitrogens with two attached hydrogens (primary N) is 1. The minimum Gasteiger partial charge on any atom is -0.504 e. The number of ether oxygens (including phenoxy) is 1. The highest BCUT2D eigenvalue weighted by Crippen LogP contribution is 2.33. The molecule has 1 fully saturated rings. The normalized spacial score (nSPS) is 21.0. The van der Waals surface area contributed by atoms with E-state index in [4.69, 9.17) is 10.5 Å². The number of anilines is 1. The summed E-state index contributed by atoms with van der Waals surface area (Å²) in [6.45, 7) is -0.0628. The van der Waals surface area contributed by atoms with Gasteiger partial charge in [0.05, 0.1) is 11.9 Å². The Morgan fingerprint density at radius 2 is 1.85 bits per heavy atom. The van der Waals surface area contributed by atoms with Gasteiger partial charge in [-0.3, -0.25) is 19.1 Å². The molecule has 7 N–H and O–H groups in total. The van der Waals surface area contributed by atoms with Gasteiger partial charge >= 0.3 is 0 Å². The van der Waals surface area contributed by atoms with Crippen molar-refractivity contribution in [3.63, 3.8) is 0 Å². The number of ketones is 1. The third kappa shape index (κ3) is 4.86. The molecule has 0 radical (unpaired) electrons. The SMILES string of the molecule is Nc1ncnc2c1ncn2[C@@H]1O[C@H](/C=C/CNC(=O)c2cc(C(=O)c3ccncc3)cc(O)c2O)[C@@H](O)[C@H]1O. The number of rotatable bonds is 7. The number of aliphatic hydroxyl groups excluding tert-OH is 2. The van der Waals surface area contributed by atoms with E-state index in [2.05, 4.69) is 25.3 Å². The third-order valence-electron chi connectivity index (χ3n) is 6.18. The van der Waals surface area contributed by atoms with Gasteiger partial charge in [0.25, 0.3) is 5.91 Å². The molecule has 39 heavy (non-hydrogen) atoms. The van der Waals surface area contributed by atoms with E-state index >= 15 is 0 Å². The van der Waals surface area contributed by atoms with Crippen molar-refractivity contribution in [3.8, 4) is 11.5 Å². The largest absolute Gasteiger partial charge is 0.504 e. The van der Waals surface area contributed by atoms with Crippen LogP contribution in [-0.2, 0) is 4.74 Å². The van der Waals surface area contributed by atoms with Crippen molar-refractivity contribution in [1.29, 1.82) is 0 Å². The molecule has 4 heterocycles. The maximum absolute atomic E-state index is 12.7. The minimum atomic E-state index is -1.32. The van der Waals surface area contributed by atoms with Gasteiger partial charge in [0, 0.05) is 30.1 Å². The molecule has 14 heteroatoms. The lowest BCUT2D eigenvalue weighted by Crippen LogP contribution is -2.31. The van der Waals surface area contributed by atoms with E-state index in [1.54, 1.807) is 0 Å². The lowest BCUT2D eigenvalue weighted by Gasteiger charge is -2.16. The number of aromatic hydroxyl groups is 2. The topological polar surface area (TPSA) is 219 Å². The Kier molecular flexibility index (Phi) is 6.89. The third-order valence-corrected chi connectivity index (χ3v) is 6.18. The predicted octanol–water partition coefficient (Wildman–Crippen LogP) is 0.0511. The number of aromatic nitrogens is 5. The monoisotopic (exact) mass is 533 g/mol. The highest BCUT2D eigenvalue weighted by Gasteiger charge is 2.43. The van der Waals surface area contributed by atoms with Crippen molar-refractivity contribution in [2.75, 3.05) is 12.3 Å². The van der Waals surface area contributed by atoms with Crippen LogP contribution in [0.5, 0.6) is 11.5 Å². The lowest BCUT2D eigenvalue weighted by molar-refractivity contribution is -0.0245. The molecule has 4 atom stereocenters. The molecule has 1 aromatic carbocycles. The van der Waals surface area contributed by atoms with Crippen molar-refractivity contribution in [1.82, 2.24) is 29.8 Å². The molecular weight excluding hydrogens is 510 g/mol. The van der Waals surface area contributed by atoms with Crippen molar-refractivity contribution in [2.45, 2.75) is 24.5 Å². The maximum atomic E-state index is 12.7. The highest BCUT2D eigenvalue weighted by molar-refractivity contribution is 6.11. The summed E-state index contributed by atoms with van der Waals surface area (Å²) in [4.78, 5) is 41.4. The van der Waals surface area contributed by atoms with Crippen molar-refractivity contribution < 1.29 is 34.8 Å². The molecule has 1 aliphatic rings. The number of pyridine rings is 1. The molecule has 1 amide bonds. The fraction of sp³-hybridized carbons (Fsp3) is 0.200. The maximum Gasteiger partial charge on any atom is 0.255 e. The van der Waals surface area contributed by atoms with E-state index in [-0.39, 0.29) is 23.5 Å². The molecule has 0 unspecified atom stereocenters. The average Bonchev–Trinajstić information content (AvgIpc) is 3.49. The van der Waals surface area contributed by atoms with E-state index in [1.807, 2.05) is 0 Å². The van der Waals surface area contributed by atoms with E-state index in [1.165, 1.54) is 60.0 Å². The van der Waals surface area contributed by atoms with Gasteiger partial charge < -0.3 is 36.2 Å². The number of nitrogens with zero attached hydrogens (tertiary/aromatic N) is 5. The number of aliphatic hydroxyl groups is 2. The molecular formula is C25H23N7O7. The molecule has 200 valence electrons.